The Morgan fingerprint density at radius 1 is 1.22 bits per heavy atom. The average Bonchev–Trinajstić information content (AvgIpc) is 2.94. The summed E-state index contributed by atoms with van der Waals surface area (Å²) >= 11 is 0. The van der Waals surface area contributed by atoms with Crippen LogP contribution in [0, 0.1) is 0 Å². The van der Waals surface area contributed by atoms with Gasteiger partial charge >= 0.3 is 0 Å². The fourth-order valence-electron chi connectivity index (χ4n) is 2.25. The second-order valence-electron chi connectivity index (χ2n) is 5.28. The lowest BCUT2D eigenvalue weighted by atomic mass is 10.3. The van der Waals surface area contributed by atoms with Gasteiger partial charge in [0.15, 0.2) is 5.96 Å². The van der Waals surface area contributed by atoms with E-state index in [0.29, 0.717) is 12.5 Å². The first-order chi connectivity index (χ1) is 11.1. The molecule has 2 rings (SSSR count). The molecule has 0 unspecified atom stereocenters. The SMILES string of the molecule is CN=C(NCC(=O)Nc1ccccc1)N(C)Cc1cccn1C. The van der Waals surface area contributed by atoms with Crippen LogP contribution in [0.3, 0.4) is 0 Å². The third-order valence-electron chi connectivity index (χ3n) is 3.49. The van der Waals surface area contributed by atoms with E-state index >= 15 is 0 Å². The van der Waals surface area contributed by atoms with E-state index in [1.54, 1.807) is 7.05 Å². The molecule has 1 amide bonds. The van der Waals surface area contributed by atoms with Crippen molar-refractivity contribution in [2.24, 2.45) is 12.0 Å². The van der Waals surface area contributed by atoms with Crippen LogP contribution in [0.4, 0.5) is 5.69 Å². The third kappa shape index (κ3) is 4.88. The van der Waals surface area contributed by atoms with Crippen LogP contribution in [-0.4, -0.2) is 42.0 Å². The number of aliphatic imine (C=N–C) groups is 1. The molecule has 2 aromatic rings. The molecular formula is C17H23N5O. The molecule has 0 bridgehead atoms. The zero-order valence-corrected chi connectivity index (χ0v) is 13.8. The van der Waals surface area contributed by atoms with Crippen LogP contribution in [-0.2, 0) is 18.4 Å². The molecule has 0 fully saturated rings. The highest BCUT2D eigenvalue weighted by Crippen LogP contribution is 2.05. The molecule has 6 heteroatoms. The first kappa shape index (κ1) is 16.6. The van der Waals surface area contributed by atoms with Crippen molar-refractivity contribution in [3.05, 3.63) is 54.4 Å². The molecule has 23 heavy (non-hydrogen) atoms. The van der Waals surface area contributed by atoms with E-state index in [1.165, 1.54) is 5.69 Å². The minimum absolute atomic E-state index is 0.107. The van der Waals surface area contributed by atoms with E-state index in [1.807, 2.05) is 61.6 Å². The van der Waals surface area contributed by atoms with Crippen LogP contribution >= 0.6 is 0 Å². The van der Waals surface area contributed by atoms with Gasteiger partial charge in [-0.1, -0.05) is 18.2 Å². The van der Waals surface area contributed by atoms with Gasteiger partial charge in [-0.15, -0.1) is 0 Å². The molecule has 1 heterocycles. The number of hydrogen-bond acceptors (Lipinski definition) is 2. The van der Waals surface area contributed by atoms with Crippen LogP contribution in [0.1, 0.15) is 5.69 Å². The summed E-state index contributed by atoms with van der Waals surface area (Å²) < 4.78 is 2.06. The molecule has 6 nitrogen and oxygen atoms in total. The number of nitrogens with zero attached hydrogens (tertiary/aromatic N) is 3. The number of carbonyl (C=O) groups is 1. The lowest BCUT2D eigenvalue weighted by molar-refractivity contribution is -0.115. The van der Waals surface area contributed by atoms with Gasteiger partial charge in [-0.05, 0) is 24.3 Å². The fraction of sp³-hybridized carbons (Fsp3) is 0.294. The Morgan fingerprint density at radius 3 is 2.57 bits per heavy atom. The molecule has 1 aromatic carbocycles. The highest BCUT2D eigenvalue weighted by atomic mass is 16.1. The van der Waals surface area contributed by atoms with Gasteiger partial charge in [0.1, 0.15) is 0 Å². The number of aromatic nitrogens is 1. The van der Waals surface area contributed by atoms with Crippen molar-refractivity contribution in [3.8, 4) is 0 Å². The molecule has 0 radical (unpaired) electrons. The monoisotopic (exact) mass is 313 g/mol. The number of guanidine groups is 1. The van der Waals surface area contributed by atoms with E-state index in [4.69, 9.17) is 0 Å². The van der Waals surface area contributed by atoms with Gasteiger partial charge in [0.05, 0.1) is 13.1 Å². The zero-order chi connectivity index (χ0) is 16.7. The van der Waals surface area contributed by atoms with E-state index in [-0.39, 0.29) is 12.5 Å². The number of benzene rings is 1. The average molecular weight is 313 g/mol. The second kappa shape index (κ2) is 8.03. The van der Waals surface area contributed by atoms with Crippen molar-refractivity contribution in [3.63, 3.8) is 0 Å². The Labute approximate surface area is 136 Å². The van der Waals surface area contributed by atoms with E-state index in [2.05, 4.69) is 26.3 Å². The first-order valence-electron chi connectivity index (χ1n) is 7.47. The molecule has 0 atom stereocenters. The predicted octanol–water partition coefficient (Wildman–Crippen LogP) is 1.67. The highest BCUT2D eigenvalue weighted by Gasteiger charge is 2.10. The standard InChI is InChI=1S/C17H23N5O/c1-18-17(22(3)13-15-10-7-11-21(15)2)19-12-16(23)20-14-8-5-4-6-9-14/h4-11H,12-13H2,1-3H3,(H,18,19)(H,20,23). The highest BCUT2D eigenvalue weighted by molar-refractivity contribution is 5.94. The summed E-state index contributed by atoms with van der Waals surface area (Å²) in [5, 5.41) is 5.91. The Kier molecular flexibility index (Phi) is 5.80. The quantitative estimate of drug-likeness (QED) is 0.652. The van der Waals surface area contributed by atoms with Crippen LogP contribution in [0.2, 0.25) is 0 Å². The van der Waals surface area contributed by atoms with Crippen LogP contribution in [0.15, 0.2) is 53.7 Å². The molecular weight excluding hydrogens is 290 g/mol. The van der Waals surface area contributed by atoms with Crippen molar-refractivity contribution in [1.82, 2.24) is 14.8 Å². The number of nitrogens with one attached hydrogen (secondary N) is 2. The number of para-hydroxylation sites is 1. The summed E-state index contributed by atoms with van der Waals surface area (Å²) in [6.45, 7) is 0.878. The molecule has 0 aliphatic carbocycles. The number of anilines is 1. The Hall–Kier alpha value is -2.76. The zero-order valence-electron chi connectivity index (χ0n) is 13.8. The van der Waals surface area contributed by atoms with Gasteiger partial charge < -0.3 is 20.1 Å². The van der Waals surface area contributed by atoms with Crippen LogP contribution in [0.5, 0.6) is 0 Å². The molecule has 0 saturated heterocycles. The van der Waals surface area contributed by atoms with Gasteiger partial charge in [0.25, 0.3) is 0 Å². The Balaban J connectivity index is 1.85. The van der Waals surface area contributed by atoms with Gasteiger partial charge in [-0.25, -0.2) is 0 Å². The van der Waals surface area contributed by atoms with Crippen molar-refractivity contribution in [1.29, 1.82) is 0 Å². The third-order valence-corrected chi connectivity index (χ3v) is 3.49. The number of aryl methyl sites for hydroxylation is 1. The Bertz CT molecular complexity index is 663. The maximum Gasteiger partial charge on any atom is 0.243 e. The van der Waals surface area contributed by atoms with E-state index < -0.39 is 0 Å². The molecule has 0 saturated carbocycles. The predicted molar refractivity (Wildman–Crippen MR) is 93.3 cm³/mol. The molecule has 1 aromatic heterocycles. The van der Waals surface area contributed by atoms with Crippen LogP contribution < -0.4 is 10.6 Å². The molecule has 0 aliphatic heterocycles. The summed E-state index contributed by atoms with van der Waals surface area (Å²) in [4.78, 5) is 18.2. The van der Waals surface area contributed by atoms with Gasteiger partial charge in [-0.3, -0.25) is 9.79 Å². The minimum Gasteiger partial charge on any atom is -0.353 e. The van der Waals surface area contributed by atoms with Gasteiger partial charge in [-0.2, -0.15) is 0 Å². The summed E-state index contributed by atoms with van der Waals surface area (Å²) in [6.07, 6.45) is 2.01. The number of hydrogen-bond donors (Lipinski definition) is 2. The summed E-state index contributed by atoms with van der Waals surface area (Å²) in [5.74, 6) is 0.569. The smallest absolute Gasteiger partial charge is 0.243 e. The van der Waals surface area contributed by atoms with E-state index in [9.17, 15) is 4.79 Å². The van der Waals surface area contributed by atoms with Crippen molar-refractivity contribution >= 4 is 17.6 Å². The molecule has 0 spiro atoms. The van der Waals surface area contributed by atoms with Crippen molar-refractivity contribution in [2.75, 3.05) is 26.0 Å². The first-order valence-corrected chi connectivity index (χ1v) is 7.47. The maximum absolute atomic E-state index is 12.0. The van der Waals surface area contributed by atoms with Crippen molar-refractivity contribution < 1.29 is 4.79 Å². The minimum atomic E-state index is -0.107. The molecule has 2 N–H and O–H groups in total. The Morgan fingerprint density at radius 2 is 1.96 bits per heavy atom. The maximum atomic E-state index is 12.0. The summed E-state index contributed by atoms with van der Waals surface area (Å²) in [7, 11) is 5.66. The lowest BCUT2D eigenvalue weighted by Crippen LogP contribution is -2.42. The lowest BCUT2D eigenvalue weighted by Gasteiger charge is -2.22. The number of carbonyl (C=O) groups excluding carboxylic acids is 1. The normalized spacial score (nSPS) is 11.2. The second-order valence-corrected chi connectivity index (χ2v) is 5.28. The number of rotatable bonds is 5. The van der Waals surface area contributed by atoms with Gasteiger partial charge in [0.2, 0.25) is 5.91 Å². The largest absolute Gasteiger partial charge is 0.353 e. The van der Waals surface area contributed by atoms with E-state index in [0.717, 1.165) is 5.69 Å². The van der Waals surface area contributed by atoms with Crippen LogP contribution in [0.25, 0.3) is 0 Å². The molecule has 0 aliphatic rings. The summed E-state index contributed by atoms with van der Waals surface area (Å²) in [5.41, 5.74) is 1.95. The molecule has 122 valence electrons. The van der Waals surface area contributed by atoms with Gasteiger partial charge in [0, 0.05) is 38.7 Å². The van der Waals surface area contributed by atoms with Crippen molar-refractivity contribution in [2.45, 2.75) is 6.54 Å². The summed E-state index contributed by atoms with van der Waals surface area (Å²) in [6, 6.07) is 13.5. The number of amides is 1. The topological polar surface area (TPSA) is 61.7 Å². The fourth-order valence-corrected chi connectivity index (χ4v) is 2.25.